The van der Waals surface area contributed by atoms with Crippen molar-refractivity contribution in [1.29, 1.82) is 0 Å². The average Bonchev–Trinajstić information content (AvgIpc) is 2.45. The van der Waals surface area contributed by atoms with Crippen LogP contribution in [0.5, 0.6) is 11.6 Å². The van der Waals surface area contributed by atoms with Crippen LogP contribution in [0.4, 0.5) is 4.39 Å². The van der Waals surface area contributed by atoms with E-state index in [0.717, 1.165) is 18.7 Å². The smallest absolute Gasteiger partial charge is 0.219 e. The quantitative estimate of drug-likeness (QED) is 0.813. The van der Waals surface area contributed by atoms with Crippen molar-refractivity contribution >= 4 is 0 Å². The summed E-state index contributed by atoms with van der Waals surface area (Å²) < 4.78 is 19.4. The van der Waals surface area contributed by atoms with Gasteiger partial charge in [0.1, 0.15) is 0 Å². The van der Waals surface area contributed by atoms with E-state index in [9.17, 15) is 4.39 Å². The van der Waals surface area contributed by atoms with Crippen molar-refractivity contribution in [1.82, 2.24) is 10.3 Å². The number of rotatable bonds is 6. The van der Waals surface area contributed by atoms with Crippen LogP contribution in [-0.4, -0.2) is 11.5 Å². The highest BCUT2D eigenvalue weighted by Gasteiger charge is 2.08. The largest absolute Gasteiger partial charge is 0.436 e. The second-order valence-corrected chi connectivity index (χ2v) is 4.63. The molecule has 20 heavy (non-hydrogen) atoms. The molecule has 106 valence electrons. The number of hydrogen-bond donors (Lipinski definition) is 1. The minimum atomic E-state index is -0.344. The highest BCUT2D eigenvalue weighted by atomic mass is 19.1. The lowest BCUT2D eigenvalue weighted by Crippen LogP contribution is -2.14. The molecule has 0 unspecified atom stereocenters. The molecular formula is C16H19FN2O. The number of aromatic nitrogens is 1. The van der Waals surface area contributed by atoms with E-state index in [1.807, 2.05) is 12.1 Å². The third kappa shape index (κ3) is 3.78. The highest BCUT2D eigenvalue weighted by molar-refractivity contribution is 5.33. The Morgan fingerprint density at radius 2 is 2.00 bits per heavy atom. The molecule has 1 N–H and O–H groups in total. The van der Waals surface area contributed by atoms with Crippen LogP contribution < -0.4 is 10.1 Å². The van der Waals surface area contributed by atoms with E-state index in [-0.39, 0.29) is 11.6 Å². The molecule has 2 rings (SSSR count). The number of nitrogens with one attached hydrogen (secondary N) is 1. The lowest BCUT2D eigenvalue weighted by Gasteiger charge is -2.09. The number of benzene rings is 1. The summed E-state index contributed by atoms with van der Waals surface area (Å²) in [5.41, 5.74) is 1.44. The standard InChI is InChI=1S/C16H19FN2O/c1-3-10-18-11-13-7-5-9-15(19-13)20-14-8-4-6-12(2)16(14)17/h4-9,18H,3,10-11H2,1-2H3. The fourth-order valence-corrected chi connectivity index (χ4v) is 1.82. The maximum absolute atomic E-state index is 13.9. The molecule has 0 amide bonds. The molecule has 0 fully saturated rings. The summed E-state index contributed by atoms with van der Waals surface area (Å²) in [4.78, 5) is 4.36. The molecule has 0 saturated carbocycles. The van der Waals surface area contributed by atoms with E-state index >= 15 is 0 Å². The van der Waals surface area contributed by atoms with Gasteiger partial charge < -0.3 is 10.1 Å². The summed E-state index contributed by atoms with van der Waals surface area (Å²) in [5, 5.41) is 3.27. The van der Waals surface area contributed by atoms with Gasteiger partial charge in [0.15, 0.2) is 11.6 Å². The van der Waals surface area contributed by atoms with Crippen LogP contribution in [0.2, 0.25) is 0 Å². The summed E-state index contributed by atoms with van der Waals surface area (Å²) in [6.45, 7) is 5.45. The van der Waals surface area contributed by atoms with Crippen LogP contribution in [0.1, 0.15) is 24.6 Å². The van der Waals surface area contributed by atoms with E-state index in [1.165, 1.54) is 0 Å². The van der Waals surface area contributed by atoms with Crippen molar-refractivity contribution in [2.24, 2.45) is 0 Å². The third-order valence-corrected chi connectivity index (χ3v) is 2.89. The Morgan fingerprint density at radius 3 is 2.80 bits per heavy atom. The molecule has 2 aromatic rings. The molecule has 0 radical (unpaired) electrons. The van der Waals surface area contributed by atoms with E-state index in [2.05, 4.69) is 17.2 Å². The van der Waals surface area contributed by atoms with Gasteiger partial charge in [0.2, 0.25) is 5.88 Å². The summed E-state index contributed by atoms with van der Waals surface area (Å²) in [6, 6.07) is 10.6. The Bertz CT molecular complexity index is 572. The van der Waals surface area contributed by atoms with Gasteiger partial charge in [-0.05, 0) is 37.6 Å². The van der Waals surface area contributed by atoms with Gasteiger partial charge in [-0.25, -0.2) is 9.37 Å². The lowest BCUT2D eigenvalue weighted by atomic mass is 10.2. The minimum Gasteiger partial charge on any atom is -0.436 e. The Kier molecular flexibility index (Phi) is 5.07. The highest BCUT2D eigenvalue weighted by Crippen LogP contribution is 2.24. The summed E-state index contributed by atoms with van der Waals surface area (Å²) >= 11 is 0. The Balaban J connectivity index is 2.09. The number of halogens is 1. The van der Waals surface area contributed by atoms with Gasteiger partial charge in [-0.1, -0.05) is 25.1 Å². The van der Waals surface area contributed by atoms with Crippen molar-refractivity contribution in [3.63, 3.8) is 0 Å². The molecule has 0 atom stereocenters. The molecule has 0 spiro atoms. The number of hydrogen-bond acceptors (Lipinski definition) is 3. The Hall–Kier alpha value is -1.94. The number of pyridine rings is 1. The predicted molar refractivity (Wildman–Crippen MR) is 77.4 cm³/mol. The average molecular weight is 274 g/mol. The Morgan fingerprint density at radius 1 is 1.20 bits per heavy atom. The second kappa shape index (κ2) is 7.01. The summed E-state index contributed by atoms with van der Waals surface area (Å²) in [5.74, 6) is 0.269. The van der Waals surface area contributed by atoms with Crippen LogP contribution in [0.3, 0.4) is 0 Å². The van der Waals surface area contributed by atoms with Crippen LogP contribution in [0.15, 0.2) is 36.4 Å². The molecule has 0 bridgehead atoms. The predicted octanol–water partition coefficient (Wildman–Crippen LogP) is 3.82. The van der Waals surface area contributed by atoms with Crippen molar-refractivity contribution in [2.75, 3.05) is 6.54 Å². The van der Waals surface area contributed by atoms with Gasteiger partial charge >= 0.3 is 0 Å². The van der Waals surface area contributed by atoms with Crippen LogP contribution >= 0.6 is 0 Å². The fourth-order valence-electron chi connectivity index (χ4n) is 1.82. The van der Waals surface area contributed by atoms with Gasteiger partial charge in [-0.15, -0.1) is 0 Å². The molecular weight excluding hydrogens is 255 g/mol. The van der Waals surface area contributed by atoms with Gasteiger partial charge in [-0.2, -0.15) is 0 Å². The monoisotopic (exact) mass is 274 g/mol. The molecule has 3 nitrogen and oxygen atoms in total. The Labute approximate surface area is 118 Å². The maximum atomic E-state index is 13.9. The second-order valence-electron chi connectivity index (χ2n) is 4.63. The molecule has 0 aliphatic carbocycles. The van der Waals surface area contributed by atoms with Crippen molar-refractivity contribution < 1.29 is 9.13 Å². The van der Waals surface area contributed by atoms with E-state index in [0.29, 0.717) is 18.0 Å². The first-order chi connectivity index (χ1) is 9.70. The topological polar surface area (TPSA) is 34.1 Å². The summed E-state index contributed by atoms with van der Waals surface area (Å²) in [7, 11) is 0. The number of ether oxygens (including phenoxy) is 1. The van der Waals surface area contributed by atoms with E-state index < -0.39 is 0 Å². The lowest BCUT2D eigenvalue weighted by molar-refractivity contribution is 0.423. The summed E-state index contributed by atoms with van der Waals surface area (Å²) in [6.07, 6.45) is 1.07. The number of nitrogens with zero attached hydrogens (tertiary/aromatic N) is 1. The first-order valence-corrected chi connectivity index (χ1v) is 6.80. The minimum absolute atomic E-state index is 0.205. The SMILES string of the molecule is CCCNCc1cccc(Oc2cccc(C)c2F)n1. The molecule has 0 saturated heterocycles. The van der Waals surface area contributed by atoms with Gasteiger partial charge in [-0.3, -0.25) is 0 Å². The third-order valence-electron chi connectivity index (χ3n) is 2.89. The zero-order valence-electron chi connectivity index (χ0n) is 11.8. The normalized spacial score (nSPS) is 10.6. The first kappa shape index (κ1) is 14.5. The maximum Gasteiger partial charge on any atom is 0.219 e. The molecule has 1 aromatic carbocycles. The first-order valence-electron chi connectivity index (χ1n) is 6.80. The van der Waals surface area contributed by atoms with Crippen molar-refractivity contribution in [2.45, 2.75) is 26.8 Å². The van der Waals surface area contributed by atoms with Gasteiger partial charge in [0, 0.05) is 12.6 Å². The molecule has 0 aliphatic heterocycles. The molecule has 0 aliphatic rings. The number of aryl methyl sites for hydroxylation is 1. The molecule has 1 heterocycles. The van der Waals surface area contributed by atoms with E-state index in [1.54, 1.807) is 31.2 Å². The zero-order chi connectivity index (χ0) is 14.4. The van der Waals surface area contributed by atoms with Crippen LogP contribution in [0, 0.1) is 12.7 Å². The van der Waals surface area contributed by atoms with Gasteiger partial charge in [0.05, 0.1) is 5.69 Å². The fraction of sp³-hybridized carbons (Fsp3) is 0.312. The molecule has 1 aromatic heterocycles. The zero-order valence-corrected chi connectivity index (χ0v) is 11.8. The van der Waals surface area contributed by atoms with E-state index in [4.69, 9.17) is 4.74 Å². The van der Waals surface area contributed by atoms with Crippen LogP contribution in [0.25, 0.3) is 0 Å². The van der Waals surface area contributed by atoms with Crippen molar-refractivity contribution in [3.8, 4) is 11.6 Å². The van der Waals surface area contributed by atoms with Gasteiger partial charge in [0.25, 0.3) is 0 Å². The molecule has 4 heteroatoms. The van der Waals surface area contributed by atoms with Crippen LogP contribution in [-0.2, 0) is 6.54 Å². The van der Waals surface area contributed by atoms with Crippen molar-refractivity contribution in [3.05, 3.63) is 53.5 Å².